The van der Waals surface area contributed by atoms with Gasteiger partial charge in [-0.1, -0.05) is 78.8 Å². The van der Waals surface area contributed by atoms with Gasteiger partial charge in [0.1, 0.15) is 6.34 Å². The minimum absolute atomic E-state index is 0.0332. The van der Waals surface area contributed by atoms with Crippen LogP contribution in [0.1, 0.15) is 27.7 Å². The van der Waals surface area contributed by atoms with Gasteiger partial charge in [0.05, 0.1) is 0 Å². The lowest BCUT2D eigenvalue weighted by Gasteiger charge is -2.42. The average molecular weight is 370 g/mol. The number of hydrazone groups is 1. The van der Waals surface area contributed by atoms with Gasteiger partial charge in [-0.3, -0.25) is 5.01 Å². The van der Waals surface area contributed by atoms with Gasteiger partial charge >= 0.3 is 0 Å². The van der Waals surface area contributed by atoms with E-state index < -0.39 is 14.3 Å². The summed E-state index contributed by atoms with van der Waals surface area (Å²) < 4.78 is -3.42. The maximum atomic E-state index is 6.32. The van der Waals surface area contributed by atoms with E-state index in [9.17, 15) is 0 Å². The lowest BCUT2D eigenvalue weighted by atomic mass is 9.96. The van der Waals surface area contributed by atoms with Crippen LogP contribution in [0.3, 0.4) is 0 Å². The molecule has 1 atom stereocenters. The van der Waals surface area contributed by atoms with Crippen LogP contribution in [0, 0.1) is 5.41 Å². The minimum Gasteiger partial charge on any atom is -0.336 e. The molecule has 112 valence electrons. The zero-order valence-electron chi connectivity index (χ0n) is 11.3. The summed E-state index contributed by atoms with van der Waals surface area (Å²) in [4.78, 5) is 1.91. The van der Waals surface area contributed by atoms with Gasteiger partial charge in [-0.25, -0.2) is 0 Å². The van der Waals surface area contributed by atoms with E-state index in [1.54, 1.807) is 11.3 Å². The predicted octanol–water partition coefficient (Wildman–Crippen LogP) is 4.48. The van der Waals surface area contributed by atoms with Gasteiger partial charge in [-0.2, -0.15) is 5.10 Å². The minimum atomic E-state index is -1.82. The van der Waals surface area contributed by atoms with Gasteiger partial charge < -0.3 is 4.90 Å². The largest absolute Gasteiger partial charge is 0.336 e. The van der Waals surface area contributed by atoms with Crippen LogP contribution in [0.2, 0.25) is 0 Å². The van der Waals surface area contributed by atoms with E-state index in [4.69, 9.17) is 58.0 Å². The van der Waals surface area contributed by atoms with Crippen molar-refractivity contribution in [3.05, 3.63) is 0 Å². The smallest absolute Gasteiger partial charge is 0.227 e. The fourth-order valence-corrected chi connectivity index (χ4v) is 2.67. The summed E-state index contributed by atoms with van der Waals surface area (Å²) in [5.41, 5.74) is 0.0332. The molecule has 0 radical (unpaired) electrons. The molecule has 0 aliphatic carbocycles. The van der Waals surface area contributed by atoms with Crippen molar-refractivity contribution in [1.82, 2.24) is 9.91 Å². The van der Waals surface area contributed by atoms with Gasteiger partial charge in [0.15, 0.2) is 6.17 Å². The highest BCUT2D eigenvalue weighted by Gasteiger charge is 2.57. The Bertz CT molecular complexity index is 345. The van der Waals surface area contributed by atoms with Gasteiger partial charge in [-0.15, -0.1) is 0 Å². The van der Waals surface area contributed by atoms with Crippen LogP contribution in [0.25, 0.3) is 0 Å². The molecule has 1 unspecified atom stereocenters. The summed E-state index contributed by atoms with van der Waals surface area (Å²) in [5.74, 6) is 0. The van der Waals surface area contributed by atoms with Crippen molar-refractivity contribution in [3.8, 4) is 0 Å². The highest BCUT2D eigenvalue weighted by molar-refractivity contribution is 6.75. The van der Waals surface area contributed by atoms with Crippen LogP contribution < -0.4 is 0 Å². The van der Waals surface area contributed by atoms with Crippen molar-refractivity contribution in [2.75, 3.05) is 13.1 Å². The topological polar surface area (TPSA) is 18.8 Å². The van der Waals surface area contributed by atoms with E-state index in [2.05, 4.69) is 25.9 Å². The fourth-order valence-electron chi connectivity index (χ4n) is 1.90. The van der Waals surface area contributed by atoms with Crippen molar-refractivity contribution >= 4 is 64.3 Å². The molecule has 0 spiro atoms. The van der Waals surface area contributed by atoms with Gasteiger partial charge in [0.2, 0.25) is 8.13 Å². The third kappa shape index (κ3) is 4.10. The molecule has 1 rings (SSSR count). The molecule has 0 N–H and O–H groups in total. The standard InChI is InChI=1S/C11H18Cl5N3/c1-5-19-8(10(12,13)11(14,15)16)18(7-17-19)6-9(2,3)4/h7-8H,5-6H2,1-4H3. The van der Waals surface area contributed by atoms with Gasteiger partial charge in [0, 0.05) is 13.1 Å². The van der Waals surface area contributed by atoms with E-state index in [1.165, 1.54) is 0 Å². The summed E-state index contributed by atoms with van der Waals surface area (Å²) >= 11 is 30.4. The van der Waals surface area contributed by atoms with Crippen LogP contribution >= 0.6 is 58.0 Å². The zero-order valence-corrected chi connectivity index (χ0v) is 15.1. The molecule has 0 saturated carbocycles. The molecule has 1 heterocycles. The van der Waals surface area contributed by atoms with Crippen LogP contribution in [0.15, 0.2) is 5.10 Å². The molecular formula is C11H18Cl5N3. The second kappa shape index (κ2) is 5.84. The first-order chi connectivity index (χ1) is 8.40. The van der Waals surface area contributed by atoms with Crippen LogP contribution in [-0.4, -0.2) is 43.6 Å². The third-order valence-electron chi connectivity index (χ3n) is 2.63. The molecule has 0 saturated heterocycles. The molecule has 0 bridgehead atoms. The molecule has 0 fully saturated rings. The molecule has 1 aliphatic rings. The maximum absolute atomic E-state index is 6.32. The number of alkyl halides is 5. The Labute approximate surface area is 139 Å². The van der Waals surface area contributed by atoms with E-state index in [0.29, 0.717) is 13.1 Å². The van der Waals surface area contributed by atoms with Crippen molar-refractivity contribution in [3.63, 3.8) is 0 Å². The predicted molar refractivity (Wildman–Crippen MR) is 85.5 cm³/mol. The summed E-state index contributed by atoms with van der Waals surface area (Å²) in [7, 11) is 0. The maximum Gasteiger partial charge on any atom is 0.227 e. The number of hydrogen-bond acceptors (Lipinski definition) is 3. The lowest BCUT2D eigenvalue weighted by Crippen LogP contribution is -2.57. The Balaban J connectivity index is 3.04. The first-order valence-corrected chi connectivity index (χ1v) is 7.80. The van der Waals surface area contributed by atoms with E-state index in [1.807, 2.05) is 11.8 Å². The van der Waals surface area contributed by atoms with Crippen molar-refractivity contribution in [1.29, 1.82) is 0 Å². The Hall–Kier alpha value is 0.720. The number of rotatable bonds is 3. The molecule has 8 heteroatoms. The molecule has 3 nitrogen and oxygen atoms in total. The second-order valence-electron chi connectivity index (χ2n) is 5.71. The third-order valence-corrected chi connectivity index (χ3v) is 5.06. The highest BCUT2D eigenvalue weighted by atomic mass is 35.6. The molecular weight excluding hydrogens is 351 g/mol. The monoisotopic (exact) mass is 367 g/mol. The number of halogens is 5. The number of nitrogens with zero attached hydrogens (tertiary/aromatic N) is 3. The summed E-state index contributed by atoms with van der Waals surface area (Å²) in [5, 5.41) is 5.99. The van der Waals surface area contributed by atoms with E-state index in [0.717, 1.165) is 0 Å². The van der Waals surface area contributed by atoms with E-state index >= 15 is 0 Å². The first kappa shape index (κ1) is 17.8. The molecule has 1 aliphatic heterocycles. The summed E-state index contributed by atoms with van der Waals surface area (Å²) in [6, 6.07) is 0. The normalized spacial score (nSPS) is 21.4. The molecule has 0 aromatic heterocycles. The molecule has 0 aromatic rings. The Morgan fingerprint density at radius 3 is 2.00 bits per heavy atom. The van der Waals surface area contributed by atoms with Gasteiger partial charge in [-0.05, 0) is 12.3 Å². The fraction of sp³-hybridized carbons (Fsp3) is 0.909. The number of hydrogen-bond donors (Lipinski definition) is 0. The first-order valence-electron chi connectivity index (χ1n) is 5.91. The van der Waals surface area contributed by atoms with Crippen LogP contribution in [0.4, 0.5) is 0 Å². The van der Waals surface area contributed by atoms with Crippen LogP contribution in [0.5, 0.6) is 0 Å². The van der Waals surface area contributed by atoms with Crippen molar-refractivity contribution < 1.29 is 0 Å². The second-order valence-corrected chi connectivity index (χ2v) is 9.38. The van der Waals surface area contributed by atoms with Crippen molar-refractivity contribution in [2.45, 2.75) is 42.0 Å². The quantitative estimate of drug-likeness (QED) is 0.683. The summed E-state index contributed by atoms with van der Waals surface area (Å²) in [6.07, 6.45) is 1.17. The Kier molecular flexibility index (Phi) is 5.46. The van der Waals surface area contributed by atoms with Crippen LogP contribution in [-0.2, 0) is 0 Å². The molecule has 0 amide bonds. The Morgan fingerprint density at radius 1 is 1.11 bits per heavy atom. The SMILES string of the molecule is CCN1N=CN(CC(C)(C)C)C1C(Cl)(Cl)C(Cl)(Cl)Cl. The van der Waals surface area contributed by atoms with E-state index in [-0.39, 0.29) is 5.41 Å². The molecule has 19 heavy (non-hydrogen) atoms. The zero-order chi connectivity index (χ0) is 15.1. The Morgan fingerprint density at radius 2 is 1.63 bits per heavy atom. The summed E-state index contributed by atoms with van der Waals surface area (Å²) in [6.45, 7) is 9.56. The van der Waals surface area contributed by atoms with Crippen molar-refractivity contribution in [2.24, 2.45) is 10.5 Å². The van der Waals surface area contributed by atoms with Gasteiger partial charge in [0.25, 0.3) is 0 Å². The average Bonchev–Trinajstić information content (AvgIpc) is 2.56. The lowest BCUT2D eigenvalue weighted by molar-refractivity contribution is 0.0987. The molecule has 0 aromatic carbocycles. The highest BCUT2D eigenvalue weighted by Crippen LogP contribution is 2.51.